The normalized spacial score (nSPS) is 16.1. The SMILES string of the molecule is CCOC(=O)N1c2ccccc2C=C[C@@H]1c1ccccc1SC. The van der Waals surface area contributed by atoms with Gasteiger partial charge in [0.2, 0.25) is 0 Å². The molecule has 2 aromatic carbocycles. The van der Waals surface area contributed by atoms with Crippen LogP contribution in [-0.4, -0.2) is 19.0 Å². The molecule has 0 spiro atoms. The minimum Gasteiger partial charge on any atom is -0.449 e. The second-order valence-corrected chi connectivity index (χ2v) is 6.02. The van der Waals surface area contributed by atoms with Crippen molar-refractivity contribution in [1.82, 2.24) is 0 Å². The summed E-state index contributed by atoms with van der Waals surface area (Å²) in [5, 5.41) is 0. The van der Waals surface area contributed by atoms with Crippen molar-refractivity contribution in [1.29, 1.82) is 0 Å². The van der Waals surface area contributed by atoms with Crippen LogP contribution in [0.15, 0.2) is 59.5 Å². The lowest BCUT2D eigenvalue weighted by Crippen LogP contribution is -2.36. The van der Waals surface area contributed by atoms with E-state index in [2.05, 4.69) is 24.3 Å². The van der Waals surface area contributed by atoms with Crippen molar-refractivity contribution < 1.29 is 9.53 Å². The maximum Gasteiger partial charge on any atom is 0.415 e. The number of amides is 1. The lowest BCUT2D eigenvalue weighted by molar-refractivity contribution is 0.158. The first-order valence-corrected chi connectivity index (χ1v) is 8.85. The third-order valence-electron chi connectivity index (χ3n) is 3.85. The Kier molecular flexibility index (Phi) is 4.72. The first-order valence-electron chi connectivity index (χ1n) is 7.62. The van der Waals surface area contributed by atoms with E-state index in [9.17, 15) is 4.79 Å². The van der Waals surface area contributed by atoms with Crippen LogP contribution in [0.2, 0.25) is 0 Å². The Balaban J connectivity index is 2.10. The fourth-order valence-electron chi connectivity index (χ4n) is 2.84. The fourth-order valence-corrected chi connectivity index (χ4v) is 3.48. The van der Waals surface area contributed by atoms with E-state index in [0.29, 0.717) is 6.61 Å². The van der Waals surface area contributed by atoms with Gasteiger partial charge in [0, 0.05) is 4.90 Å². The van der Waals surface area contributed by atoms with E-state index >= 15 is 0 Å². The number of carbonyl (C=O) groups is 1. The number of benzene rings is 2. The Labute approximate surface area is 141 Å². The van der Waals surface area contributed by atoms with Crippen LogP contribution in [0.1, 0.15) is 24.1 Å². The van der Waals surface area contributed by atoms with E-state index in [1.807, 2.05) is 49.6 Å². The molecule has 0 fully saturated rings. The average Bonchev–Trinajstić information content (AvgIpc) is 2.60. The topological polar surface area (TPSA) is 29.5 Å². The van der Waals surface area contributed by atoms with E-state index in [1.54, 1.807) is 16.7 Å². The van der Waals surface area contributed by atoms with Gasteiger partial charge in [0.15, 0.2) is 0 Å². The van der Waals surface area contributed by atoms with Crippen LogP contribution < -0.4 is 4.90 Å². The number of rotatable bonds is 3. The minimum atomic E-state index is -0.315. The molecule has 23 heavy (non-hydrogen) atoms. The van der Waals surface area contributed by atoms with Crippen LogP contribution in [0.25, 0.3) is 6.08 Å². The second kappa shape index (κ2) is 6.92. The number of ether oxygens (including phenoxy) is 1. The van der Waals surface area contributed by atoms with Crippen LogP contribution in [0.3, 0.4) is 0 Å². The van der Waals surface area contributed by atoms with Crippen molar-refractivity contribution >= 4 is 29.6 Å². The molecule has 3 rings (SSSR count). The summed E-state index contributed by atoms with van der Waals surface area (Å²) in [5.41, 5.74) is 3.02. The molecular weight excluding hydrogens is 306 g/mol. The van der Waals surface area contributed by atoms with E-state index < -0.39 is 0 Å². The Hall–Kier alpha value is -2.20. The van der Waals surface area contributed by atoms with Crippen molar-refractivity contribution in [3.8, 4) is 0 Å². The molecule has 0 aromatic heterocycles. The zero-order chi connectivity index (χ0) is 16.2. The monoisotopic (exact) mass is 325 g/mol. The summed E-state index contributed by atoms with van der Waals surface area (Å²) in [7, 11) is 0. The highest BCUT2D eigenvalue weighted by Gasteiger charge is 2.31. The molecule has 1 amide bonds. The number of hydrogen-bond acceptors (Lipinski definition) is 3. The van der Waals surface area contributed by atoms with Gasteiger partial charge in [0.25, 0.3) is 0 Å². The molecule has 2 aromatic rings. The molecule has 1 atom stereocenters. The molecule has 0 unspecified atom stereocenters. The number of carbonyl (C=O) groups excluding carboxylic acids is 1. The number of hydrogen-bond donors (Lipinski definition) is 0. The van der Waals surface area contributed by atoms with Crippen molar-refractivity contribution in [2.45, 2.75) is 17.9 Å². The molecule has 0 bridgehead atoms. The zero-order valence-electron chi connectivity index (χ0n) is 13.2. The van der Waals surface area contributed by atoms with Crippen LogP contribution in [0, 0.1) is 0 Å². The number of fused-ring (bicyclic) bond motifs is 1. The van der Waals surface area contributed by atoms with Gasteiger partial charge in [-0.05, 0) is 36.4 Å². The third-order valence-corrected chi connectivity index (χ3v) is 4.67. The fraction of sp³-hybridized carbons (Fsp3) is 0.211. The molecular formula is C19H19NO2S. The van der Waals surface area contributed by atoms with Crippen molar-refractivity contribution in [3.05, 3.63) is 65.7 Å². The van der Waals surface area contributed by atoms with Gasteiger partial charge in [-0.2, -0.15) is 0 Å². The van der Waals surface area contributed by atoms with Gasteiger partial charge in [-0.1, -0.05) is 48.6 Å². The lowest BCUT2D eigenvalue weighted by atomic mass is 9.98. The summed E-state index contributed by atoms with van der Waals surface area (Å²) in [6.45, 7) is 2.19. The van der Waals surface area contributed by atoms with Gasteiger partial charge in [-0.25, -0.2) is 4.79 Å². The average molecular weight is 325 g/mol. The van der Waals surface area contributed by atoms with Gasteiger partial charge in [0.05, 0.1) is 18.3 Å². The molecule has 1 heterocycles. The number of thioether (sulfide) groups is 1. The van der Waals surface area contributed by atoms with Crippen LogP contribution in [-0.2, 0) is 4.74 Å². The highest BCUT2D eigenvalue weighted by Crippen LogP contribution is 2.39. The molecule has 0 saturated heterocycles. The Morgan fingerprint density at radius 1 is 1.17 bits per heavy atom. The first-order chi connectivity index (χ1) is 11.3. The molecule has 1 aliphatic heterocycles. The van der Waals surface area contributed by atoms with E-state index in [-0.39, 0.29) is 12.1 Å². The van der Waals surface area contributed by atoms with Crippen molar-refractivity contribution in [2.24, 2.45) is 0 Å². The Morgan fingerprint density at radius 2 is 1.91 bits per heavy atom. The summed E-state index contributed by atoms with van der Waals surface area (Å²) in [5.74, 6) is 0. The minimum absolute atomic E-state index is 0.160. The van der Waals surface area contributed by atoms with Crippen molar-refractivity contribution in [2.75, 3.05) is 17.8 Å². The van der Waals surface area contributed by atoms with Gasteiger partial charge in [-0.15, -0.1) is 11.8 Å². The van der Waals surface area contributed by atoms with E-state index in [0.717, 1.165) is 21.7 Å². The smallest absolute Gasteiger partial charge is 0.415 e. The van der Waals surface area contributed by atoms with Gasteiger partial charge >= 0.3 is 6.09 Å². The largest absolute Gasteiger partial charge is 0.449 e. The Bertz CT molecular complexity index is 742. The molecule has 4 heteroatoms. The van der Waals surface area contributed by atoms with Crippen LogP contribution >= 0.6 is 11.8 Å². The maximum absolute atomic E-state index is 12.6. The summed E-state index contributed by atoms with van der Waals surface area (Å²) >= 11 is 1.68. The maximum atomic E-state index is 12.6. The predicted octanol–water partition coefficient (Wildman–Crippen LogP) is 5.14. The van der Waals surface area contributed by atoms with Crippen LogP contribution in [0.4, 0.5) is 10.5 Å². The quantitative estimate of drug-likeness (QED) is 0.732. The molecule has 0 N–H and O–H groups in total. The van der Waals surface area contributed by atoms with Crippen LogP contribution in [0.5, 0.6) is 0 Å². The highest BCUT2D eigenvalue weighted by molar-refractivity contribution is 7.98. The lowest BCUT2D eigenvalue weighted by Gasteiger charge is -2.34. The summed E-state index contributed by atoms with van der Waals surface area (Å²) in [6.07, 6.45) is 5.88. The molecule has 118 valence electrons. The van der Waals surface area contributed by atoms with Gasteiger partial charge < -0.3 is 4.74 Å². The Morgan fingerprint density at radius 3 is 2.70 bits per heavy atom. The summed E-state index contributed by atoms with van der Waals surface area (Å²) < 4.78 is 5.31. The number of para-hydroxylation sites is 1. The third kappa shape index (κ3) is 2.99. The standard InChI is InChI=1S/C19H19NO2S/c1-3-22-19(21)20-16-10-6-4-8-14(16)12-13-17(20)15-9-5-7-11-18(15)23-2/h4-13,17H,3H2,1-2H3/t17-/m1/s1. The molecule has 0 aliphatic carbocycles. The van der Waals surface area contributed by atoms with Crippen molar-refractivity contribution in [3.63, 3.8) is 0 Å². The molecule has 0 saturated carbocycles. The molecule has 1 aliphatic rings. The van der Waals surface area contributed by atoms with Gasteiger partial charge in [0.1, 0.15) is 0 Å². The molecule has 0 radical (unpaired) electrons. The van der Waals surface area contributed by atoms with E-state index in [4.69, 9.17) is 4.74 Å². The summed E-state index contributed by atoms with van der Waals surface area (Å²) in [6, 6.07) is 15.9. The predicted molar refractivity (Wildman–Crippen MR) is 95.9 cm³/mol. The van der Waals surface area contributed by atoms with E-state index in [1.165, 1.54) is 0 Å². The number of anilines is 1. The second-order valence-electron chi connectivity index (χ2n) is 5.17. The summed E-state index contributed by atoms with van der Waals surface area (Å²) in [4.78, 5) is 15.5. The van der Waals surface area contributed by atoms with Gasteiger partial charge in [-0.3, -0.25) is 4.90 Å². The highest BCUT2D eigenvalue weighted by atomic mass is 32.2. The number of nitrogens with zero attached hydrogens (tertiary/aromatic N) is 1. The first kappa shape index (κ1) is 15.7. The zero-order valence-corrected chi connectivity index (χ0v) is 14.0. The molecule has 3 nitrogen and oxygen atoms in total.